The Morgan fingerprint density at radius 2 is 2.00 bits per heavy atom. The second kappa shape index (κ2) is 13.1. The van der Waals surface area contributed by atoms with Gasteiger partial charge in [0.15, 0.2) is 0 Å². The van der Waals surface area contributed by atoms with Gasteiger partial charge in [-0.2, -0.15) is 0 Å². The summed E-state index contributed by atoms with van der Waals surface area (Å²) in [6, 6.07) is 5.98. The predicted molar refractivity (Wildman–Crippen MR) is 86.2 cm³/mol. The molecule has 134 valence electrons. The zero-order chi connectivity index (χ0) is 14.9. The topological polar surface area (TPSA) is 33.7 Å². The van der Waals surface area contributed by atoms with E-state index in [0.29, 0.717) is 11.6 Å². The molecule has 1 heterocycles. The summed E-state index contributed by atoms with van der Waals surface area (Å²) in [6.45, 7) is 9.47. The highest BCUT2D eigenvalue weighted by molar-refractivity contribution is 6.32. The van der Waals surface area contributed by atoms with Crippen LogP contribution in [0.25, 0.3) is 0 Å². The Hall–Kier alpha value is -0.230. The van der Waals surface area contributed by atoms with Crippen molar-refractivity contribution in [3.8, 4) is 5.75 Å². The van der Waals surface area contributed by atoms with Crippen molar-refractivity contribution >= 4 is 11.6 Å². The Labute approximate surface area is 156 Å². The molecule has 4 nitrogen and oxygen atoms in total. The molecule has 1 aliphatic rings. The fourth-order valence-electron chi connectivity index (χ4n) is 2.41. The van der Waals surface area contributed by atoms with Crippen molar-refractivity contribution in [3.63, 3.8) is 0 Å². The Balaban J connectivity index is 0.00000242. The zero-order valence-corrected chi connectivity index (χ0v) is 15.8. The Bertz CT molecular complexity index is 430. The van der Waals surface area contributed by atoms with Crippen molar-refractivity contribution in [2.24, 2.45) is 0 Å². The third-order valence-electron chi connectivity index (χ3n) is 3.56. The Morgan fingerprint density at radius 1 is 1.26 bits per heavy atom. The van der Waals surface area contributed by atoms with Crippen LogP contribution >= 0.6 is 11.6 Å². The van der Waals surface area contributed by atoms with E-state index in [1.807, 2.05) is 19.1 Å². The van der Waals surface area contributed by atoms with Gasteiger partial charge in [0.05, 0.1) is 24.8 Å². The maximum atomic E-state index is 6.18. The minimum Gasteiger partial charge on any atom is -1.00 e. The molecule has 0 aliphatic carbocycles. The minimum absolute atomic E-state index is 0. The van der Waals surface area contributed by atoms with Crippen LogP contribution in [0.4, 0.5) is 0 Å². The average Bonchev–Trinajstić information content (AvgIpc) is 2.51. The first-order valence-corrected chi connectivity index (χ1v) is 8.09. The molecule has 0 aromatic heterocycles. The molecule has 1 aromatic rings. The van der Waals surface area contributed by atoms with Gasteiger partial charge >= 0.3 is 0 Å². The zero-order valence-electron chi connectivity index (χ0n) is 13.5. The molecule has 2 rings (SSSR count). The first kappa shape index (κ1) is 22.8. The molecule has 0 saturated carbocycles. The van der Waals surface area contributed by atoms with Gasteiger partial charge in [-0.1, -0.05) is 17.7 Å². The fraction of sp³-hybridized carbons (Fsp3) is 0.625. The highest BCUT2D eigenvalue weighted by Crippen LogP contribution is 2.25. The van der Waals surface area contributed by atoms with E-state index < -0.39 is 0 Å². The van der Waals surface area contributed by atoms with Crippen LogP contribution in [0.1, 0.15) is 18.9 Å². The van der Waals surface area contributed by atoms with E-state index in [1.54, 1.807) is 0 Å². The summed E-state index contributed by atoms with van der Waals surface area (Å²) in [5.41, 5.74) is 1.19. The van der Waals surface area contributed by atoms with E-state index in [9.17, 15) is 0 Å². The van der Waals surface area contributed by atoms with E-state index in [0.717, 1.165) is 58.1 Å². The van der Waals surface area contributed by atoms with Crippen molar-refractivity contribution < 1.29 is 34.3 Å². The number of hydrogen-bond donors (Lipinski definition) is 1. The van der Waals surface area contributed by atoms with Crippen LogP contribution in [0.15, 0.2) is 18.2 Å². The van der Waals surface area contributed by atoms with Crippen LogP contribution in [-0.2, 0) is 11.3 Å². The van der Waals surface area contributed by atoms with Gasteiger partial charge in [-0.05, 0) is 44.1 Å². The molecule has 0 unspecified atom stereocenters. The van der Waals surface area contributed by atoms with Crippen LogP contribution in [0, 0.1) is 0 Å². The summed E-state index contributed by atoms with van der Waals surface area (Å²) in [5, 5.41) is 4.15. The second-order valence-electron chi connectivity index (χ2n) is 5.18. The van der Waals surface area contributed by atoms with E-state index in [-0.39, 0.29) is 24.8 Å². The SMILES string of the molecule is CCOc1ccc(CNCCCN2CCOCC2)cc1Cl.[Cl-].[Cl-]. The standard InChI is InChI=1S/C16H25ClN2O2.2ClH/c1-2-21-16-5-4-14(12-15(16)17)13-18-6-3-7-19-8-10-20-11-9-19;;/h4-5,12,18H,2-3,6-11,13H2,1H3;2*1H/p-2. The van der Waals surface area contributed by atoms with Gasteiger partial charge in [0.25, 0.3) is 0 Å². The molecule has 1 N–H and O–H groups in total. The van der Waals surface area contributed by atoms with Gasteiger partial charge in [-0.15, -0.1) is 0 Å². The molecule has 23 heavy (non-hydrogen) atoms. The summed E-state index contributed by atoms with van der Waals surface area (Å²) in [6.07, 6.45) is 1.16. The van der Waals surface area contributed by atoms with Gasteiger partial charge in [0.1, 0.15) is 5.75 Å². The molecule has 0 bridgehead atoms. The summed E-state index contributed by atoms with van der Waals surface area (Å²) in [7, 11) is 0. The average molecular weight is 384 g/mol. The lowest BCUT2D eigenvalue weighted by Gasteiger charge is -2.26. The summed E-state index contributed by atoms with van der Waals surface area (Å²) in [5.74, 6) is 0.759. The lowest BCUT2D eigenvalue weighted by atomic mass is 10.2. The summed E-state index contributed by atoms with van der Waals surface area (Å²) in [4.78, 5) is 2.46. The van der Waals surface area contributed by atoms with Crippen molar-refractivity contribution in [1.82, 2.24) is 10.2 Å². The smallest absolute Gasteiger partial charge is 0.137 e. The third-order valence-corrected chi connectivity index (χ3v) is 3.85. The number of morpholine rings is 1. The minimum atomic E-state index is 0. The van der Waals surface area contributed by atoms with Gasteiger partial charge in [-0.25, -0.2) is 0 Å². The Morgan fingerprint density at radius 3 is 2.65 bits per heavy atom. The molecule has 0 amide bonds. The second-order valence-corrected chi connectivity index (χ2v) is 5.59. The van der Waals surface area contributed by atoms with Gasteiger partial charge in [0, 0.05) is 19.6 Å². The van der Waals surface area contributed by atoms with Gasteiger partial charge < -0.3 is 39.6 Å². The number of halogens is 3. The van der Waals surface area contributed by atoms with Crippen molar-refractivity contribution in [2.75, 3.05) is 46.0 Å². The van der Waals surface area contributed by atoms with Crippen molar-refractivity contribution in [1.29, 1.82) is 0 Å². The van der Waals surface area contributed by atoms with E-state index in [1.165, 1.54) is 5.56 Å². The summed E-state index contributed by atoms with van der Waals surface area (Å²) < 4.78 is 10.8. The highest BCUT2D eigenvalue weighted by atomic mass is 35.5. The Kier molecular flexibility index (Phi) is 13.0. The lowest BCUT2D eigenvalue weighted by Crippen LogP contribution is -3.00. The highest BCUT2D eigenvalue weighted by Gasteiger charge is 2.09. The molecule has 1 aliphatic heterocycles. The van der Waals surface area contributed by atoms with Gasteiger partial charge in [-0.3, -0.25) is 4.90 Å². The number of ether oxygens (including phenoxy) is 2. The van der Waals surface area contributed by atoms with E-state index in [2.05, 4.69) is 16.3 Å². The molecule has 0 atom stereocenters. The monoisotopic (exact) mass is 382 g/mol. The van der Waals surface area contributed by atoms with Crippen LogP contribution in [-0.4, -0.2) is 50.9 Å². The molecular weight excluding hydrogens is 359 g/mol. The molecule has 1 fully saturated rings. The molecule has 0 spiro atoms. The molecular formula is C16H25Cl3N2O2-2. The van der Waals surface area contributed by atoms with Crippen LogP contribution < -0.4 is 34.9 Å². The quantitative estimate of drug-likeness (QED) is 0.474. The van der Waals surface area contributed by atoms with Crippen molar-refractivity contribution in [2.45, 2.75) is 19.9 Å². The normalized spacial score (nSPS) is 14.7. The fourth-order valence-corrected chi connectivity index (χ4v) is 2.67. The van der Waals surface area contributed by atoms with Crippen LogP contribution in [0.5, 0.6) is 5.75 Å². The van der Waals surface area contributed by atoms with E-state index in [4.69, 9.17) is 21.1 Å². The first-order chi connectivity index (χ1) is 10.3. The third kappa shape index (κ3) is 8.43. The maximum absolute atomic E-state index is 6.18. The number of benzene rings is 1. The van der Waals surface area contributed by atoms with E-state index >= 15 is 0 Å². The molecule has 1 aromatic carbocycles. The van der Waals surface area contributed by atoms with Crippen LogP contribution in [0.2, 0.25) is 5.02 Å². The van der Waals surface area contributed by atoms with Gasteiger partial charge in [0.2, 0.25) is 0 Å². The van der Waals surface area contributed by atoms with Crippen LogP contribution in [0.3, 0.4) is 0 Å². The number of hydrogen-bond acceptors (Lipinski definition) is 4. The van der Waals surface area contributed by atoms with Crippen molar-refractivity contribution in [3.05, 3.63) is 28.8 Å². The number of rotatable bonds is 8. The number of nitrogens with zero attached hydrogens (tertiary/aromatic N) is 1. The molecule has 7 heteroatoms. The summed E-state index contributed by atoms with van der Waals surface area (Å²) >= 11 is 6.18. The lowest BCUT2D eigenvalue weighted by molar-refractivity contribution is -0.00100. The molecule has 0 radical (unpaired) electrons. The first-order valence-electron chi connectivity index (χ1n) is 7.71. The predicted octanol–water partition coefficient (Wildman–Crippen LogP) is -3.44. The molecule has 1 saturated heterocycles. The maximum Gasteiger partial charge on any atom is 0.137 e. The number of nitrogens with one attached hydrogen (secondary N) is 1. The largest absolute Gasteiger partial charge is 1.00 e.